The molecule has 2 saturated heterocycles. The number of ether oxygens (including phenoxy) is 1. The summed E-state index contributed by atoms with van der Waals surface area (Å²) in [5.74, 6) is -0.0657. The molecule has 0 bridgehead atoms. The van der Waals surface area contributed by atoms with Gasteiger partial charge >= 0.3 is 5.97 Å². The molecule has 66 valence electrons. The van der Waals surface area contributed by atoms with Gasteiger partial charge in [0.1, 0.15) is 6.10 Å². The van der Waals surface area contributed by atoms with Crippen LogP contribution in [0, 0.1) is 0 Å². The molecular weight excluding hydrogens is 158 g/mol. The van der Waals surface area contributed by atoms with Crippen molar-refractivity contribution in [3.63, 3.8) is 0 Å². The van der Waals surface area contributed by atoms with E-state index in [4.69, 9.17) is 4.74 Å². The summed E-state index contributed by atoms with van der Waals surface area (Å²) < 4.78 is 5.04. The number of carbonyl (C=O) groups excluding carboxylic acids is 2. The lowest BCUT2D eigenvalue weighted by atomic mass is 10.1. The zero-order valence-corrected chi connectivity index (χ0v) is 6.71. The molecule has 1 amide bonds. The summed E-state index contributed by atoms with van der Waals surface area (Å²) in [6.07, 6.45) is 2.56. The first-order valence-corrected chi connectivity index (χ1v) is 4.24. The Morgan fingerprint density at radius 1 is 1.25 bits per heavy atom. The van der Waals surface area contributed by atoms with E-state index in [-0.39, 0.29) is 24.0 Å². The highest BCUT2D eigenvalue weighted by molar-refractivity contribution is 5.79. The smallest absolute Gasteiger partial charge is 0.306 e. The molecule has 4 nitrogen and oxygen atoms in total. The fourth-order valence-electron chi connectivity index (χ4n) is 1.75. The molecule has 2 atom stereocenters. The fraction of sp³-hybridized carbons (Fsp3) is 0.750. The second-order valence-electron chi connectivity index (χ2n) is 3.28. The highest BCUT2D eigenvalue weighted by Crippen LogP contribution is 2.22. The summed E-state index contributed by atoms with van der Waals surface area (Å²) in [6, 6.07) is 0.0731. The van der Waals surface area contributed by atoms with E-state index < -0.39 is 0 Å². The Morgan fingerprint density at radius 2 is 2.08 bits per heavy atom. The highest BCUT2D eigenvalue weighted by Gasteiger charge is 2.34. The first kappa shape index (κ1) is 7.58. The summed E-state index contributed by atoms with van der Waals surface area (Å²) in [6.45, 7) is 0. The minimum Gasteiger partial charge on any atom is -0.460 e. The third-order valence-corrected chi connectivity index (χ3v) is 2.39. The van der Waals surface area contributed by atoms with Gasteiger partial charge in [-0.1, -0.05) is 0 Å². The maximum atomic E-state index is 10.8. The van der Waals surface area contributed by atoms with Gasteiger partial charge in [-0.2, -0.15) is 0 Å². The van der Waals surface area contributed by atoms with Crippen LogP contribution in [-0.4, -0.2) is 24.0 Å². The van der Waals surface area contributed by atoms with Crippen LogP contribution < -0.4 is 5.32 Å². The third-order valence-electron chi connectivity index (χ3n) is 2.39. The maximum Gasteiger partial charge on any atom is 0.306 e. The van der Waals surface area contributed by atoms with Crippen LogP contribution in [0.2, 0.25) is 0 Å². The van der Waals surface area contributed by atoms with Gasteiger partial charge in [0.2, 0.25) is 5.91 Å². The number of esters is 1. The largest absolute Gasteiger partial charge is 0.460 e. The maximum absolute atomic E-state index is 10.8. The first-order chi connectivity index (χ1) is 5.75. The standard InChI is InChI=1S/C8H11NO3/c10-7-3-1-5(9-7)6-2-4-8(11)12-6/h5-6H,1-4H2,(H,9,10)/t5-,6+/m1/s1. The number of hydrogen-bond acceptors (Lipinski definition) is 3. The van der Waals surface area contributed by atoms with E-state index >= 15 is 0 Å². The number of rotatable bonds is 1. The topological polar surface area (TPSA) is 55.4 Å². The lowest BCUT2D eigenvalue weighted by molar-refractivity contribution is -0.142. The summed E-state index contributed by atoms with van der Waals surface area (Å²) in [4.78, 5) is 21.6. The average Bonchev–Trinajstić information content (AvgIpc) is 2.58. The van der Waals surface area contributed by atoms with Crippen LogP contribution in [0.4, 0.5) is 0 Å². The van der Waals surface area contributed by atoms with Crippen LogP contribution in [0.1, 0.15) is 25.7 Å². The number of nitrogens with one attached hydrogen (secondary N) is 1. The zero-order valence-electron chi connectivity index (χ0n) is 6.71. The zero-order chi connectivity index (χ0) is 8.55. The molecule has 2 aliphatic rings. The summed E-state index contributed by atoms with van der Waals surface area (Å²) in [5, 5.41) is 2.80. The van der Waals surface area contributed by atoms with Crippen molar-refractivity contribution in [2.24, 2.45) is 0 Å². The Balaban J connectivity index is 1.93. The van der Waals surface area contributed by atoms with E-state index in [0.717, 1.165) is 12.8 Å². The average molecular weight is 169 g/mol. The second-order valence-corrected chi connectivity index (χ2v) is 3.28. The lowest BCUT2D eigenvalue weighted by Gasteiger charge is -2.16. The molecule has 0 aromatic heterocycles. The van der Waals surface area contributed by atoms with Gasteiger partial charge in [0.05, 0.1) is 6.04 Å². The van der Waals surface area contributed by atoms with Gasteiger partial charge in [0, 0.05) is 12.8 Å². The van der Waals surface area contributed by atoms with Gasteiger partial charge in [-0.25, -0.2) is 0 Å². The number of carbonyl (C=O) groups is 2. The van der Waals surface area contributed by atoms with Crippen molar-refractivity contribution < 1.29 is 14.3 Å². The minimum atomic E-state index is -0.138. The van der Waals surface area contributed by atoms with Gasteiger partial charge in [-0.3, -0.25) is 9.59 Å². The Kier molecular flexibility index (Phi) is 1.75. The number of amides is 1. The van der Waals surface area contributed by atoms with E-state index in [2.05, 4.69) is 5.32 Å². The molecule has 0 radical (unpaired) electrons. The van der Waals surface area contributed by atoms with Crippen molar-refractivity contribution in [3.8, 4) is 0 Å². The molecule has 1 N–H and O–H groups in total. The van der Waals surface area contributed by atoms with Crippen LogP contribution >= 0.6 is 0 Å². The molecule has 0 spiro atoms. The number of hydrogen-bond donors (Lipinski definition) is 1. The molecule has 0 saturated carbocycles. The van der Waals surface area contributed by atoms with E-state index in [9.17, 15) is 9.59 Å². The van der Waals surface area contributed by atoms with Crippen LogP contribution in [0.15, 0.2) is 0 Å². The van der Waals surface area contributed by atoms with Crippen LogP contribution in [0.5, 0.6) is 0 Å². The predicted octanol–water partition coefficient (Wildman–Crippen LogP) is -0.0294. The van der Waals surface area contributed by atoms with E-state index in [1.54, 1.807) is 0 Å². The molecule has 2 rings (SSSR count). The van der Waals surface area contributed by atoms with Gasteiger partial charge in [0.25, 0.3) is 0 Å². The predicted molar refractivity (Wildman–Crippen MR) is 40.3 cm³/mol. The van der Waals surface area contributed by atoms with Crippen LogP contribution in [-0.2, 0) is 14.3 Å². The molecule has 2 fully saturated rings. The van der Waals surface area contributed by atoms with Gasteiger partial charge in [0.15, 0.2) is 0 Å². The van der Waals surface area contributed by atoms with Crippen molar-refractivity contribution in [2.45, 2.75) is 37.8 Å². The van der Waals surface area contributed by atoms with Crippen LogP contribution in [0.3, 0.4) is 0 Å². The molecule has 0 unspecified atom stereocenters. The normalized spacial score (nSPS) is 35.0. The summed E-state index contributed by atoms with van der Waals surface area (Å²) >= 11 is 0. The van der Waals surface area contributed by atoms with E-state index in [1.165, 1.54) is 0 Å². The van der Waals surface area contributed by atoms with Crippen molar-refractivity contribution in [3.05, 3.63) is 0 Å². The monoisotopic (exact) mass is 169 g/mol. The lowest BCUT2D eigenvalue weighted by Crippen LogP contribution is -2.36. The summed E-state index contributed by atoms with van der Waals surface area (Å²) in [7, 11) is 0. The molecule has 0 aliphatic carbocycles. The van der Waals surface area contributed by atoms with E-state index in [1.807, 2.05) is 0 Å². The van der Waals surface area contributed by atoms with Crippen molar-refractivity contribution in [1.82, 2.24) is 5.32 Å². The molecule has 4 heteroatoms. The molecule has 2 aliphatic heterocycles. The fourth-order valence-corrected chi connectivity index (χ4v) is 1.75. The molecule has 0 aromatic rings. The van der Waals surface area contributed by atoms with E-state index in [0.29, 0.717) is 12.8 Å². The quantitative estimate of drug-likeness (QED) is 0.561. The third kappa shape index (κ3) is 1.29. The molecular formula is C8H11NO3. The Labute approximate surface area is 70.3 Å². The Morgan fingerprint density at radius 3 is 2.58 bits per heavy atom. The van der Waals surface area contributed by atoms with Gasteiger partial charge in [-0.15, -0.1) is 0 Å². The molecule has 12 heavy (non-hydrogen) atoms. The van der Waals surface area contributed by atoms with Gasteiger partial charge in [-0.05, 0) is 12.8 Å². The minimum absolute atomic E-state index is 0.0658. The van der Waals surface area contributed by atoms with Crippen molar-refractivity contribution in [2.75, 3.05) is 0 Å². The highest BCUT2D eigenvalue weighted by atomic mass is 16.5. The molecule has 0 aromatic carbocycles. The second kappa shape index (κ2) is 2.77. The van der Waals surface area contributed by atoms with Crippen molar-refractivity contribution >= 4 is 11.9 Å². The number of cyclic esters (lactones) is 1. The first-order valence-electron chi connectivity index (χ1n) is 4.24. The SMILES string of the molecule is O=C1CC[C@H]([C@@H]2CCC(=O)O2)N1. The van der Waals surface area contributed by atoms with Gasteiger partial charge < -0.3 is 10.1 Å². The summed E-state index contributed by atoms with van der Waals surface area (Å²) in [5.41, 5.74) is 0. The molecule has 2 heterocycles. The Hall–Kier alpha value is -1.06. The van der Waals surface area contributed by atoms with Crippen molar-refractivity contribution in [1.29, 1.82) is 0 Å². The van der Waals surface area contributed by atoms with Crippen LogP contribution in [0.25, 0.3) is 0 Å². The Bertz CT molecular complexity index is 202.